The summed E-state index contributed by atoms with van der Waals surface area (Å²) in [5, 5.41) is 14.0. The van der Waals surface area contributed by atoms with E-state index in [4.69, 9.17) is 10.8 Å². The van der Waals surface area contributed by atoms with E-state index in [0.717, 1.165) is 16.5 Å². The number of carbonyl (C=O) groups is 1. The van der Waals surface area contributed by atoms with E-state index >= 15 is 0 Å². The van der Waals surface area contributed by atoms with Crippen LogP contribution in [0.1, 0.15) is 5.56 Å². The average molecular weight is 298 g/mol. The van der Waals surface area contributed by atoms with Crippen LogP contribution in [0, 0.1) is 0 Å². The molecule has 3 N–H and O–H groups in total. The van der Waals surface area contributed by atoms with Crippen LogP contribution in [-0.2, 0) is 18.3 Å². The Hall–Kier alpha value is -1.40. The van der Waals surface area contributed by atoms with Gasteiger partial charge in [0, 0.05) is 12.4 Å². The van der Waals surface area contributed by atoms with Crippen molar-refractivity contribution < 1.29 is 9.90 Å². The van der Waals surface area contributed by atoms with Gasteiger partial charge in [-0.25, -0.2) is 0 Å². The summed E-state index contributed by atoms with van der Waals surface area (Å²) in [4.78, 5) is 10.8. The molecule has 5 nitrogen and oxygen atoms in total. The molecule has 1 atom stereocenters. The lowest BCUT2D eigenvalue weighted by molar-refractivity contribution is -0.138. The summed E-state index contributed by atoms with van der Waals surface area (Å²) >= 11 is 3.38. The van der Waals surface area contributed by atoms with Crippen LogP contribution in [0.4, 0.5) is 0 Å². The van der Waals surface area contributed by atoms with Crippen molar-refractivity contribution in [1.29, 1.82) is 0 Å². The smallest absolute Gasteiger partial charge is 0.320 e. The molecule has 2 rings (SSSR count). The highest BCUT2D eigenvalue weighted by Crippen LogP contribution is 2.27. The molecule has 0 aliphatic carbocycles. The Morgan fingerprint density at radius 1 is 1.65 bits per heavy atom. The fourth-order valence-corrected chi connectivity index (χ4v) is 2.52. The first kappa shape index (κ1) is 12.1. The van der Waals surface area contributed by atoms with Crippen LogP contribution in [0.3, 0.4) is 0 Å². The predicted octanol–water partition coefficient (Wildman–Crippen LogP) is 1.29. The minimum atomic E-state index is -0.998. The lowest BCUT2D eigenvalue weighted by Crippen LogP contribution is -2.32. The Labute approximate surface area is 106 Å². The number of aryl methyl sites for hydroxylation is 1. The van der Waals surface area contributed by atoms with Gasteiger partial charge < -0.3 is 10.8 Å². The summed E-state index contributed by atoms with van der Waals surface area (Å²) in [5.74, 6) is -0.998. The van der Waals surface area contributed by atoms with Gasteiger partial charge in [0.25, 0.3) is 0 Å². The van der Waals surface area contributed by atoms with Crippen molar-refractivity contribution in [2.45, 2.75) is 12.5 Å². The molecule has 0 aliphatic heterocycles. The number of carboxylic acids is 1. The number of hydrogen-bond acceptors (Lipinski definition) is 3. The maximum Gasteiger partial charge on any atom is 0.320 e. The molecule has 1 unspecified atom stereocenters. The number of nitrogens with zero attached hydrogens (tertiary/aromatic N) is 2. The highest BCUT2D eigenvalue weighted by molar-refractivity contribution is 9.10. The van der Waals surface area contributed by atoms with Crippen molar-refractivity contribution in [3.8, 4) is 0 Å². The number of fused-ring (bicyclic) bond motifs is 1. The zero-order valence-electron chi connectivity index (χ0n) is 9.22. The molecule has 1 heterocycles. The van der Waals surface area contributed by atoms with E-state index in [0.29, 0.717) is 4.60 Å². The minimum Gasteiger partial charge on any atom is -0.480 e. The quantitative estimate of drug-likeness (QED) is 0.894. The lowest BCUT2D eigenvalue weighted by atomic mass is 10.0. The van der Waals surface area contributed by atoms with Crippen molar-refractivity contribution >= 4 is 32.8 Å². The van der Waals surface area contributed by atoms with Gasteiger partial charge in [-0.05, 0) is 34.0 Å². The van der Waals surface area contributed by atoms with Crippen LogP contribution >= 0.6 is 15.9 Å². The molecule has 0 aliphatic rings. The van der Waals surface area contributed by atoms with Gasteiger partial charge in [-0.15, -0.1) is 0 Å². The number of halogens is 1. The van der Waals surface area contributed by atoms with Gasteiger partial charge in [-0.1, -0.05) is 12.1 Å². The largest absolute Gasteiger partial charge is 0.480 e. The predicted molar refractivity (Wildman–Crippen MR) is 67.7 cm³/mol. The Morgan fingerprint density at radius 3 is 3.00 bits per heavy atom. The Kier molecular flexibility index (Phi) is 3.17. The maximum atomic E-state index is 10.8. The molecule has 0 amide bonds. The van der Waals surface area contributed by atoms with Crippen molar-refractivity contribution in [3.05, 3.63) is 28.4 Å². The number of benzene rings is 1. The van der Waals surface area contributed by atoms with Crippen molar-refractivity contribution in [2.75, 3.05) is 0 Å². The van der Waals surface area contributed by atoms with E-state index in [1.165, 1.54) is 0 Å². The third kappa shape index (κ3) is 2.18. The second kappa shape index (κ2) is 4.46. The second-order valence-electron chi connectivity index (χ2n) is 3.87. The van der Waals surface area contributed by atoms with Crippen LogP contribution in [0.5, 0.6) is 0 Å². The molecule has 0 radical (unpaired) electrons. The molecule has 0 bridgehead atoms. The number of aliphatic carboxylic acids is 1. The Balaban J connectivity index is 2.51. The topological polar surface area (TPSA) is 81.1 Å². The zero-order valence-corrected chi connectivity index (χ0v) is 10.8. The first-order chi connectivity index (χ1) is 8.00. The number of aromatic nitrogens is 2. The normalized spacial score (nSPS) is 12.9. The van der Waals surface area contributed by atoms with Gasteiger partial charge >= 0.3 is 5.97 Å². The molecule has 0 spiro atoms. The molecule has 17 heavy (non-hydrogen) atoms. The van der Waals surface area contributed by atoms with Gasteiger partial charge in [0.1, 0.15) is 10.6 Å². The monoisotopic (exact) mass is 297 g/mol. The number of nitrogens with two attached hydrogens (primary N) is 1. The van der Waals surface area contributed by atoms with Gasteiger partial charge in [0.2, 0.25) is 0 Å². The zero-order chi connectivity index (χ0) is 12.6. The summed E-state index contributed by atoms with van der Waals surface area (Å²) in [6.45, 7) is 0. The first-order valence-electron chi connectivity index (χ1n) is 5.09. The Morgan fingerprint density at radius 2 is 2.35 bits per heavy atom. The van der Waals surface area contributed by atoms with Crippen LogP contribution in [0.25, 0.3) is 10.9 Å². The van der Waals surface area contributed by atoms with E-state index in [1.807, 2.05) is 25.2 Å². The molecule has 90 valence electrons. The van der Waals surface area contributed by atoms with Gasteiger partial charge in [0.05, 0.1) is 5.52 Å². The number of rotatable bonds is 3. The highest BCUT2D eigenvalue weighted by atomic mass is 79.9. The molecular weight excluding hydrogens is 286 g/mol. The molecule has 0 saturated carbocycles. The van der Waals surface area contributed by atoms with Crippen molar-refractivity contribution in [3.63, 3.8) is 0 Å². The SMILES string of the molecule is Cn1nc(Br)c2c(CC(N)C(=O)O)cccc21. The van der Waals surface area contributed by atoms with E-state index < -0.39 is 12.0 Å². The summed E-state index contributed by atoms with van der Waals surface area (Å²) in [6, 6.07) is 4.79. The molecule has 1 aromatic heterocycles. The second-order valence-corrected chi connectivity index (χ2v) is 4.63. The molecule has 0 saturated heterocycles. The summed E-state index contributed by atoms with van der Waals surface area (Å²) in [6.07, 6.45) is 0.289. The van der Waals surface area contributed by atoms with E-state index in [9.17, 15) is 4.79 Å². The maximum absolute atomic E-state index is 10.8. The van der Waals surface area contributed by atoms with Gasteiger partial charge in [0.15, 0.2) is 0 Å². The van der Waals surface area contributed by atoms with Crippen LogP contribution in [-0.4, -0.2) is 26.9 Å². The van der Waals surface area contributed by atoms with Crippen molar-refractivity contribution in [2.24, 2.45) is 12.8 Å². The van der Waals surface area contributed by atoms with E-state index in [1.54, 1.807) is 4.68 Å². The van der Waals surface area contributed by atoms with Crippen LogP contribution < -0.4 is 5.73 Å². The number of hydrogen-bond donors (Lipinski definition) is 2. The van der Waals surface area contributed by atoms with Gasteiger partial charge in [-0.3, -0.25) is 9.48 Å². The average Bonchev–Trinajstić information content (AvgIpc) is 2.55. The summed E-state index contributed by atoms with van der Waals surface area (Å²) in [7, 11) is 1.84. The standard InChI is InChI=1S/C11H12BrN3O2/c1-15-8-4-2-3-6(5-7(13)11(16)17)9(8)10(12)14-15/h2-4,7H,5,13H2,1H3,(H,16,17). The first-order valence-corrected chi connectivity index (χ1v) is 5.88. The highest BCUT2D eigenvalue weighted by Gasteiger charge is 2.16. The van der Waals surface area contributed by atoms with Crippen LogP contribution in [0.15, 0.2) is 22.8 Å². The molecule has 0 fully saturated rings. The molecule has 6 heteroatoms. The molecule has 2 aromatic rings. The molecule has 1 aromatic carbocycles. The third-order valence-corrected chi connectivity index (χ3v) is 3.23. The minimum absolute atomic E-state index is 0.289. The van der Waals surface area contributed by atoms with Crippen LogP contribution in [0.2, 0.25) is 0 Å². The van der Waals surface area contributed by atoms with Crippen molar-refractivity contribution in [1.82, 2.24) is 9.78 Å². The fraction of sp³-hybridized carbons (Fsp3) is 0.273. The molecular formula is C11H12BrN3O2. The summed E-state index contributed by atoms with van der Waals surface area (Å²) in [5.41, 5.74) is 7.39. The van der Waals surface area contributed by atoms with Gasteiger partial charge in [-0.2, -0.15) is 5.10 Å². The van der Waals surface area contributed by atoms with E-state index in [-0.39, 0.29) is 6.42 Å². The lowest BCUT2D eigenvalue weighted by Gasteiger charge is -2.07. The fourth-order valence-electron chi connectivity index (χ4n) is 1.82. The van der Waals surface area contributed by atoms with E-state index in [2.05, 4.69) is 21.0 Å². The Bertz CT molecular complexity index is 579. The number of carboxylic acid groups (broad SMARTS) is 1. The third-order valence-electron chi connectivity index (χ3n) is 2.68. The summed E-state index contributed by atoms with van der Waals surface area (Å²) < 4.78 is 2.46.